The van der Waals surface area contributed by atoms with E-state index in [1.165, 1.54) is 27.5 Å². The molecule has 0 saturated carbocycles. The van der Waals surface area contributed by atoms with Crippen molar-refractivity contribution in [1.82, 2.24) is 15.0 Å². The van der Waals surface area contributed by atoms with Crippen molar-refractivity contribution >= 4 is 38.3 Å². The second-order valence-corrected chi connectivity index (χ2v) is 14.3. The number of para-hydroxylation sites is 1. The van der Waals surface area contributed by atoms with Crippen molar-refractivity contribution in [2.75, 3.05) is 0 Å². The molecule has 1 aliphatic carbocycles. The Morgan fingerprint density at radius 1 is 0.561 bits per heavy atom. The van der Waals surface area contributed by atoms with Crippen LogP contribution in [0.25, 0.3) is 83.3 Å². The second-order valence-electron chi connectivity index (χ2n) is 14.3. The van der Waals surface area contributed by atoms with Crippen LogP contribution in [0.15, 0.2) is 210 Å². The number of hydrogen-bond acceptors (Lipinski definition) is 4. The molecule has 9 aromatic rings. The number of hydrogen-bond donors (Lipinski definition) is 0. The highest BCUT2D eigenvalue weighted by atomic mass is 16.3. The minimum atomic E-state index is 0.629. The highest BCUT2D eigenvalue weighted by molar-refractivity contribution is 6.11. The predicted octanol–water partition coefficient (Wildman–Crippen LogP) is 13.7. The fourth-order valence-electron chi connectivity index (χ4n) is 7.74. The monoisotopic (exact) mass is 731 g/mol. The lowest BCUT2D eigenvalue weighted by Gasteiger charge is -2.11. The Bertz CT molecular complexity index is 3040. The first-order valence-electron chi connectivity index (χ1n) is 19.4. The van der Waals surface area contributed by atoms with Crippen LogP contribution in [0.3, 0.4) is 0 Å². The van der Waals surface area contributed by atoms with Crippen LogP contribution in [0.2, 0.25) is 0 Å². The zero-order chi connectivity index (χ0) is 38.0. The Morgan fingerprint density at radius 2 is 1.23 bits per heavy atom. The summed E-state index contributed by atoms with van der Waals surface area (Å²) in [6, 6.07) is 57.0. The Kier molecular flexibility index (Phi) is 8.98. The van der Waals surface area contributed by atoms with Gasteiger partial charge in [-0.2, -0.15) is 0 Å². The zero-order valence-electron chi connectivity index (χ0n) is 31.2. The molecule has 0 N–H and O–H groups in total. The summed E-state index contributed by atoms with van der Waals surface area (Å²) >= 11 is 0. The van der Waals surface area contributed by atoms with Crippen LogP contribution in [0, 0.1) is 0 Å². The molecule has 57 heavy (non-hydrogen) atoms. The van der Waals surface area contributed by atoms with Crippen molar-refractivity contribution in [1.29, 1.82) is 0 Å². The maximum Gasteiger partial charge on any atom is 0.164 e. The quantitative estimate of drug-likeness (QED) is 0.156. The first-order valence-corrected chi connectivity index (χ1v) is 19.4. The molecule has 0 bridgehead atoms. The van der Waals surface area contributed by atoms with E-state index in [9.17, 15) is 0 Å². The molecule has 0 amide bonds. The van der Waals surface area contributed by atoms with Gasteiger partial charge in [-0.3, -0.25) is 0 Å². The van der Waals surface area contributed by atoms with Gasteiger partial charge in [-0.05, 0) is 69.6 Å². The minimum absolute atomic E-state index is 0.629. The summed E-state index contributed by atoms with van der Waals surface area (Å²) < 4.78 is 6.69. The number of allylic oxidation sites excluding steroid dienone is 8. The lowest BCUT2D eigenvalue weighted by Crippen LogP contribution is -2.03. The molecule has 1 aliphatic rings. The maximum atomic E-state index is 6.69. The van der Waals surface area contributed by atoms with Crippen molar-refractivity contribution in [2.24, 2.45) is 0 Å². The number of furan rings is 1. The molecule has 4 heteroatoms. The van der Waals surface area contributed by atoms with Crippen LogP contribution < -0.4 is 0 Å². The summed E-state index contributed by atoms with van der Waals surface area (Å²) in [5.74, 6) is 1.89. The third-order valence-corrected chi connectivity index (χ3v) is 10.6. The number of rotatable bonds is 8. The topological polar surface area (TPSA) is 51.8 Å². The van der Waals surface area contributed by atoms with Crippen LogP contribution >= 0.6 is 0 Å². The number of benzene rings is 7. The van der Waals surface area contributed by atoms with Crippen molar-refractivity contribution in [3.8, 4) is 45.0 Å². The molecule has 0 unspecified atom stereocenters. The van der Waals surface area contributed by atoms with E-state index in [1.54, 1.807) is 0 Å². The van der Waals surface area contributed by atoms with Gasteiger partial charge in [0, 0.05) is 33.0 Å². The van der Waals surface area contributed by atoms with E-state index < -0.39 is 0 Å². The molecule has 0 radical (unpaired) electrons. The van der Waals surface area contributed by atoms with Crippen molar-refractivity contribution in [2.45, 2.75) is 12.8 Å². The van der Waals surface area contributed by atoms with Crippen LogP contribution in [0.1, 0.15) is 17.8 Å². The molecule has 0 fully saturated rings. The van der Waals surface area contributed by atoms with E-state index in [2.05, 4.69) is 176 Å². The van der Waals surface area contributed by atoms with Gasteiger partial charge in [0.25, 0.3) is 0 Å². The van der Waals surface area contributed by atoms with Gasteiger partial charge in [0.05, 0.1) is 0 Å². The SMILES string of the molecule is C1=CC/C(=C\C(=C/Cc2cccc3oc4c(-c5ccc6ccccc6c5)cccc4c23)c2nc(-c3ccccc3)nc(-c3ccc(-c4ccccc4)cc3)n2)C=C1. The van der Waals surface area contributed by atoms with Crippen LogP contribution in [0.4, 0.5) is 0 Å². The van der Waals surface area contributed by atoms with Crippen LogP contribution in [-0.4, -0.2) is 15.0 Å². The number of nitrogens with zero attached hydrogens (tertiary/aromatic N) is 3. The Labute approximate surface area is 331 Å². The van der Waals surface area contributed by atoms with Crippen LogP contribution in [-0.2, 0) is 6.42 Å². The smallest absolute Gasteiger partial charge is 0.164 e. The summed E-state index contributed by atoms with van der Waals surface area (Å²) in [4.78, 5) is 15.4. The van der Waals surface area contributed by atoms with Gasteiger partial charge in [-0.15, -0.1) is 0 Å². The summed E-state index contributed by atoms with van der Waals surface area (Å²) in [6.45, 7) is 0. The van der Waals surface area contributed by atoms with Crippen molar-refractivity contribution in [3.05, 3.63) is 217 Å². The predicted molar refractivity (Wildman–Crippen MR) is 235 cm³/mol. The molecule has 10 rings (SSSR count). The van der Waals surface area contributed by atoms with Gasteiger partial charge in [0.2, 0.25) is 0 Å². The molecule has 7 aromatic carbocycles. The molecule has 2 heterocycles. The van der Waals surface area contributed by atoms with Gasteiger partial charge in [-0.1, -0.05) is 182 Å². The summed E-state index contributed by atoms with van der Waals surface area (Å²) in [6.07, 6.45) is 14.5. The Morgan fingerprint density at radius 3 is 2.00 bits per heavy atom. The van der Waals surface area contributed by atoms with Crippen molar-refractivity contribution in [3.63, 3.8) is 0 Å². The first-order chi connectivity index (χ1) is 28.2. The molecule has 0 saturated heterocycles. The highest BCUT2D eigenvalue weighted by Crippen LogP contribution is 2.39. The lowest BCUT2D eigenvalue weighted by atomic mass is 9.97. The summed E-state index contributed by atoms with van der Waals surface area (Å²) in [5, 5.41) is 4.66. The molecular weight excluding hydrogens is 695 g/mol. The molecule has 0 aliphatic heterocycles. The van der Waals surface area contributed by atoms with Gasteiger partial charge >= 0.3 is 0 Å². The fourth-order valence-corrected chi connectivity index (χ4v) is 7.74. The lowest BCUT2D eigenvalue weighted by molar-refractivity contribution is 0.670. The standard InChI is InChI=1S/C53H37N3O/c1-4-14-36(15-5-1)34-45(53-55-51(41-19-8-3-9-20-41)54-52(56-53)42-30-26-39(27-31-42)37-16-6-2-7-17-37)33-29-40-22-12-25-48-49(40)47-24-13-23-46(50(47)57-48)44-32-28-38-18-10-11-21-43(38)35-44/h1-14,16-28,30-35H,15,29H2/b36-34-,45-33+. The number of aromatic nitrogens is 3. The third kappa shape index (κ3) is 6.90. The normalized spacial score (nSPS) is 13.6. The molecule has 4 nitrogen and oxygen atoms in total. The van der Waals surface area contributed by atoms with E-state index in [0.717, 1.165) is 61.7 Å². The molecule has 270 valence electrons. The van der Waals surface area contributed by atoms with E-state index in [-0.39, 0.29) is 0 Å². The second kappa shape index (κ2) is 15.0. The molecule has 2 aromatic heterocycles. The molecule has 0 atom stereocenters. The maximum absolute atomic E-state index is 6.69. The van der Waals surface area contributed by atoms with Crippen LogP contribution in [0.5, 0.6) is 0 Å². The van der Waals surface area contributed by atoms with Gasteiger partial charge < -0.3 is 4.42 Å². The summed E-state index contributed by atoms with van der Waals surface area (Å²) in [7, 11) is 0. The zero-order valence-corrected chi connectivity index (χ0v) is 31.2. The van der Waals surface area contributed by atoms with E-state index in [1.807, 2.05) is 24.3 Å². The van der Waals surface area contributed by atoms with E-state index in [4.69, 9.17) is 19.4 Å². The van der Waals surface area contributed by atoms with E-state index in [0.29, 0.717) is 23.9 Å². The Hall–Kier alpha value is -7.43. The summed E-state index contributed by atoms with van der Waals surface area (Å²) in [5.41, 5.74) is 11.5. The molecule has 0 spiro atoms. The number of fused-ring (bicyclic) bond motifs is 4. The van der Waals surface area contributed by atoms with Gasteiger partial charge in [-0.25, -0.2) is 15.0 Å². The third-order valence-electron chi connectivity index (χ3n) is 10.6. The highest BCUT2D eigenvalue weighted by Gasteiger charge is 2.17. The first kappa shape index (κ1) is 34.1. The fraction of sp³-hybridized carbons (Fsp3) is 0.0377. The average molecular weight is 732 g/mol. The van der Waals surface area contributed by atoms with Gasteiger partial charge in [0.1, 0.15) is 11.2 Å². The van der Waals surface area contributed by atoms with E-state index >= 15 is 0 Å². The largest absolute Gasteiger partial charge is 0.455 e. The minimum Gasteiger partial charge on any atom is -0.455 e. The Balaban J connectivity index is 1.09. The van der Waals surface area contributed by atoms with Gasteiger partial charge in [0.15, 0.2) is 17.5 Å². The molecular formula is C53H37N3O. The average Bonchev–Trinajstić information content (AvgIpc) is 3.68. The van der Waals surface area contributed by atoms with Crippen molar-refractivity contribution < 1.29 is 4.42 Å².